The molecule has 6 nitrogen and oxygen atoms in total. The zero-order valence-corrected chi connectivity index (χ0v) is 17.1. The van der Waals surface area contributed by atoms with Gasteiger partial charge in [-0.05, 0) is 24.3 Å². The van der Waals surface area contributed by atoms with Crippen LogP contribution in [0.5, 0.6) is 0 Å². The number of aromatic amines is 1. The molecule has 0 fully saturated rings. The van der Waals surface area contributed by atoms with E-state index in [2.05, 4.69) is 20.3 Å². The molecule has 0 atom stereocenters. The number of H-pyrrole nitrogens is 1. The molecule has 1 amide bonds. The van der Waals surface area contributed by atoms with Crippen LogP contribution in [0.15, 0.2) is 76.0 Å². The number of hydrogen-bond acceptors (Lipinski definition) is 6. The summed E-state index contributed by atoms with van der Waals surface area (Å²) in [6, 6.07) is 16.8. The number of thiazole rings is 1. The number of aromatic nitrogens is 3. The van der Waals surface area contributed by atoms with Crippen molar-refractivity contribution in [2.45, 2.75) is 5.16 Å². The fourth-order valence-corrected chi connectivity index (χ4v) is 4.05. The van der Waals surface area contributed by atoms with Gasteiger partial charge in [0, 0.05) is 22.6 Å². The van der Waals surface area contributed by atoms with Crippen molar-refractivity contribution in [1.82, 2.24) is 15.0 Å². The number of amides is 1. The van der Waals surface area contributed by atoms with Crippen molar-refractivity contribution in [1.29, 1.82) is 0 Å². The van der Waals surface area contributed by atoms with E-state index in [0.29, 0.717) is 21.7 Å². The molecule has 0 unspecified atom stereocenters. The monoisotopic (exact) mass is 438 g/mol. The maximum absolute atomic E-state index is 13.0. The van der Waals surface area contributed by atoms with Crippen molar-refractivity contribution in [3.05, 3.63) is 82.2 Å². The lowest BCUT2D eigenvalue weighted by Crippen LogP contribution is -2.15. The summed E-state index contributed by atoms with van der Waals surface area (Å²) < 4.78 is 13.0. The molecule has 2 aromatic heterocycles. The Balaban J connectivity index is 1.39. The van der Waals surface area contributed by atoms with E-state index in [1.807, 2.05) is 30.3 Å². The first-order valence-electron chi connectivity index (χ1n) is 8.88. The van der Waals surface area contributed by atoms with Gasteiger partial charge in [0.2, 0.25) is 5.91 Å². The van der Waals surface area contributed by atoms with Crippen molar-refractivity contribution in [2.75, 3.05) is 11.1 Å². The molecule has 0 aliphatic heterocycles. The molecular formula is C21H15FN4O2S2. The lowest BCUT2D eigenvalue weighted by atomic mass is 10.1. The highest BCUT2D eigenvalue weighted by atomic mass is 32.2. The van der Waals surface area contributed by atoms with Gasteiger partial charge in [-0.25, -0.2) is 14.4 Å². The van der Waals surface area contributed by atoms with Crippen LogP contribution in [0.4, 0.5) is 9.52 Å². The van der Waals surface area contributed by atoms with E-state index >= 15 is 0 Å². The van der Waals surface area contributed by atoms with Crippen LogP contribution in [-0.2, 0) is 4.79 Å². The lowest BCUT2D eigenvalue weighted by molar-refractivity contribution is -0.113. The highest BCUT2D eigenvalue weighted by Crippen LogP contribution is 2.25. The molecule has 0 saturated carbocycles. The maximum atomic E-state index is 13.0. The molecule has 4 aromatic rings. The van der Waals surface area contributed by atoms with Gasteiger partial charge in [-0.15, -0.1) is 11.3 Å². The number of hydrogen-bond donors (Lipinski definition) is 2. The average molecular weight is 439 g/mol. The number of halogens is 1. The normalized spacial score (nSPS) is 10.7. The molecule has 2 N–H and O–H groups in total. The van der Waals surface area contributed by atoms with Crippen LogP contribution in [-0.4, -0.2) is 26.6 Å². The van der Waals surface area contributed by atoms with Gasteiger partial charge in [0.15, 0.2) is 10.3 Å². The van der Waals surface area contributed by atoms with E-state index in [9.17, 15) is 14.0 Å². The summed E-state index contributed by atoms with van der Waals surface area (Å²) in [5.74, 6) is -0.526. The van der Waals surface area contributed by atoms with E-state index in [0.717, 1.165) is 22.9 Å². The standard InChI is InChI=1S/C21H15FN4O2S2/c22-15-8-6-14(7-9-15)17-11-29-21(24-17)26-19(28)12-30-20-23-16(10-18(27)25-20)13-4-2-1-3-5-13/h1-11H,12H2,(H,23,25,27)(H,24,26,28). The summed E-state index contributed by atoms with van der Waals surface area (Å²) in [5.41, 5.74) is 2.51. The minimum atomic E-state index is -0.317. The summed E-state index contributed by atoms with van der Waals surface area (Å²) in [7, 11) is 0. The molecule has 4 rings (SSSR count). The number of nitrogens with zero attached hydrogens (tertiary/aromatic N) is 2. The Morgan fingerprint density at radius 3 is 2.53 bits per heavy atom. The third kappa shape index (κ3) is 5.00. The Kier molecular flexibility index (Phi) is 6.01. The molecule has 0 radical (unpaired) electrons. The minimum absolute atomic E-state index is 0.0621. The third-order valence-electron chi connectivity index (χ3n) is 4.02. The van der Waals surface area contributed by atoms with Crippen LogP contribution in [0.2, 0.25) is 0 Å². The van der Waals surface area contributed by atoms with Gasteiger partial charge in [0.25, 0.3) is 5.56 Å². The van der Waals surface area contributed by atoms with Crippen molar-refractivity contribution in [3.8, 4) is 22.5 Å². The van der Waals surface area contributed by atoms with Crippen LogP contribution in [0.1, 0.15) is 0 Å². The molecule has 0 bridgehead atoms. The van der Waals surface area contributed by atoms with E-state index in [1.165, 1.54) is 29.5 Å². The first-order valence-corrected chi connectivity index (χ1v) is 10.7. The number of thioether (sulfide) groups is 1. The van der Waals surface area contributed by atoms with Gasteiger partial charge in [0.1, 0.15) is 5.82 Å². The topological polar surface area (TPSA) is 87.7 Å². The predicted octanol–water partition coefficient (Wildman–Crippen LogP) is 4.43. The van der Waals surface area contributed by atoms with Crippen LogP contribution >= 0.6 is 23.1 Å². The van der Waals surface area contributed by atoms with Crippen LogP contribution in [0.3, 0.4) is 0 Å². The summed E-state index contributed by atoms with van der Waals surface area (Å²) >= 11 is 2.41. The molecule has 0 spiro atoms. The van der Waals surface area contributed by atoms with Gasteiger partial charge >= 0.3 is 0 Å². The largest absolute Gasteiger partial charge is 0.301 e. The first kappa shape index (κ1) is 20.0. The van der Waals surface area contributed by atoms with E-state index < -0.39 is 0 Å². The molecule has 30 heavy (non-hydrogen) atoms. The van der Waals surface area contributed by atoms with Gasteiger partial charge in [-0.3, -0.25) is 9.59 Å². The molecule has 9 heteroatoms. The van der Waals surface area contributed by atoms with Crippen LogP contribution < -0.4 is 10.9 Å². The molecule has 150 valence electrons. The third-order valence-corrected chi connectivity index (χ3v) is 5.65. The molecule has 0 aliphatic rings. The fraction of sp³-hybridized carbons (Fsp3) is 0.0476. The summed E-state index contributed by atoms with van der Waals surface area (Å²) in [6.07, 6.45) is 0. The highest BCUT2D eigenvalue weighted by molar-refractivity contribution is 7.99. The van der Waals surface area contributed by atoms with Crippen molar-refractivity contribution in [3.63, 3.8) is 0 Å². The van der Waals surface area contributed by atoms with Gasteiger partial charge in [-0.1, -0.05) is 42.1 Å². The van der Waals surface area contributed by atoms with E-state index in [4.69, 9.17) is 0 Å². The number of rotatable bonds is 6. The first-order chi connectivity index (χ1) is 14.6. The lowest BCUT2D eigenvalue weighted by Gasteiger charge is -2.04. The molecule has 0 aliphatic carbocycles. The number of carbonyl (C=O) groups excluding carboxylic acids is 1. The number of anilines is 1. The Morgan fingerprint density at radius 1 is 1.03 bits per heavy atom. The van der Waals surface area contributed by atoms with Crippen molar-refractivity contribution >= 4 is 34.1 Å². The highest BCUT2D eigenvalue weighted by Gasteiger charge is 2.11. The van der Waals surface area contributed by atoms with E-state index in [1.54, 1.807) is 17.5 Å². The van der Waals surface area contributed by atoms with Crippen LogP contribution in [0, 0.1) is 5.82 Å². The van der Waals surface area contributed by atoms with Gasteiger partial charge < -0.3 is 10.3 Å². The van der Waals surface area contributed by atoms with Gasteiger partial charge in [0.05, 0.1) is 17.1 Å². The number of nitrogens with one attached hydrogen (secondary N) is 2. The predicted molar refractivity (Wildman–Crippen MR) is 117 cm³/mol. The Bertz CT molecular complexity index is 1220. The second-order valence-corrected chi connectivity index (χ2v) is 8.01. The molecule has 0 saturated heterocycles. The molecule has 2 aromatic carbocycles. The average Bonchev–Trinajstić information content (AvgIpc) is 3.21. The fourth-order valence-electron chi connectivity index (χ4n) is 2.63. The summed E-state index contributed by atoms with van der Waals surface area (Å²) in [5, 5.41) is 5.33. The maximum Gasteiger partial charge on any atom is 0.252 e. The zero-order valence-electron chi connectivity index (χ0n) is 15.5. The second-order valence-electron chi connectivity index (χ2n) is 6.18. The number of carbonyl (C=O) groups is 1. The van der Waals surface area contributed by atoms with E-state index in [-0.39, 0.29) is 23.0 Å². The minimum Gasteiger partial charge on any atom is -0.301 e. The Labute approximate surface area is 179 Å². The zero-order chi connectivity index (χ0) is 20.9. The summed E-state index contributed by atoms with van der Waals surface area (Å²) in [6.45, 7) is 0. The van der Waals surface area contributed by atoms with Crippen LogP contribution in [0.25, 0.3) is 22.5 Å². The Hall–Kier alpha value is -3.30. The smallest absolute Gasteiger partial charge is 0.252 e. The number of benzene rings is 2. The molecule has 2 heterocycles. The van der Waals surface area contributed by atoms with Crippen molar-refractivity contribution < 1.29 is 9.18 Å². The van der Waals surface area contributed by atoms with Crippen molar-refractivity contribution in [2.24, 2.45) is 0 Å². The van der Waals surface area contributed by atoms with Gasteiger partial charge in [-0.2, -0.15) is 0 Å². The second kappa shape index (κ2) is 9.02. The SMILES string of the molecule is O=C(CSc1nc(-c2ccccc2)cc(=O)[nH]1)Nc1nc(-c2ccc(F)cc2)cs1. The summed E-state index contributed by atoms with van der Waals surface area (Å²) in [4.78, 5) is 35.6. The Morgan fingerprint density at radius 2 is 1.77 bits per heavy atom. The quantitative estimate of drug-likeness (QED) is 0.343. The molecular weight excluding hydrogens is 423 g/mol.